The molecule has 2 aliphatic heterocycles. The number of nitrogens with zero attached hydrogens (tertiary/aromatic N) is 5. The van der Waals surface area contributed by atoms with E-state index >= 15 is 0 Å². The highest BCUT2D eigenvalue weighted by Gasteiger charge is 2.61. The fourth-order valence-electron chi connectivity index (χ4n) is 5.25. The topological polar surface area (TPSA) is 127 Å². The molecule has 3 heterocycles. The summed E-state index contributed by atoms with van der Waals surface area (Å²) in [5, 5.41) is 10.5. The summed E-state index contributed by atoms with van der Waals surface area (Å²) in [5.74, 6) is -1.29. The van der Waals surface area contributed by atoms with Gasteiger partial charge in [0, 0.05) is 33.4 Å². The van der Waals surface area contributed by atoms with E-state index in [9.17, 15) is 24.3 Å². The molecule has 3 amide bonds. The molecule has 4 atom stereocenters. The van der Waals surface area contributed by atoms with Crippen LogP contribution in [0.1, 0.15) is 40.7 Å². The van der Waals surface area contributed by atoms with Gasteiger partial charge in [-0.1, -0.05) is 20.8 Å². The van der Waals surface area contributed by atoms with Gasteiger partial charge in [0.15, 0.2) is 0 Å². The van der Waals surface area contributed by atoms with Crippen LogP contribution < -0.4 is 11.2 Å². The maximum absolute atomic E-state index is 13.7. The monoisotopic (exact) mass is 495 g/mol. The highest BCUT2D eigenvalue weighted by molar-refractivity contribution is 5.88. The van der Waals surface area contributed by atoms with Crippen LogP contribution in [0.5, 0.6) is 5.88 Å². The van der Waals surface area contributed by atoms with Gasteiger partial charge in [-0.25, -0.2) is 14.2 Å². The van der Waals surface area contributed by atoms with Gasteiger partial charge in [0.05, 0.1) is 18.0 Å². The van der Waals surface area contributed by atoms with E-state index in [4.69, 9.17) is 9.47 Å². The Labute approximate surface area is 204 Å². The Morgan fingerprint density at radius 1 is 0.971 bits per heavy atom. The Hall–Kier alpha value is -2.86. The molecule has 1 N–H and O–H groups in total. The average molecular weight is 496 g/mol. The first-order chi connectivity index (χ1) is 16.5. The van der Waals surface area contributed by atoms with Crippen LogP contribution in [0.2, 0.25) is 0 Å². The molecule has 35 heavy (non-hydrogen) atoms. The Morgan fingerprint density at radius 3 is 2.17 bits per heavy atom. The van der Waals surface area contributed by atoms with Gasteiger partial charge in [0.25, 0.3) is 5.56 Å². The van der Waals surface area contributed by atoms with E-state index in [1.165, 1.54) is 16.9 Å². The normalized spacial score (nSPS) is 23.2. The van der Waals surface area contributed by atoms with Crippen LogP contribution >= 0.6 is 0 Å². The Bertz CT molecular complexity index is 1070. The summed E-state index contributed by atoms with van der Waals surface area (Å²) in [6.07, 6.45) is -0.719. The molecule has 1 aromatic rings. The molecule has 2 saturated heterocycles. The van der Waals surface area contributed by atoms with Gasteiger partial charge in [-0.3, -0.25) is 24.0 Å². The first-order valence-electron chi connectivity index (χ1n) is 11.9. The van der Waals surface area contributed by atoms with E-state index < -0.39 is 41.3 Å². The maximum Gasteiger partial charge on any atom is 0.335 e. The molecule has 3 rings (SSSR count). The molecule has 0 spiro atoms. The number of aromatic hydroxyl groups is 1. The zero-order valence-electron chi connectivity index (χ0n) is 21.5. The summed E-state index contributed by atoms with van der Waals surface area (Å²) in [6, 6.07) is -0.336. The quantitative estimate of drug-likeness (QED) is 0.506. The number of ether oxygens (including phenoxy) is 2. The number of fused-ring (bicyclic) bond motifs is 1. The summed E-state index contributed by atoms with van der Waals surface area (Å²) in [7, 11) is 3.03. The molecular formula is C23H37N5O7. The smallest absolute Gasteiger partial charge is 0.335 e. The van der Waals surface area contributed by atoms with E-state index in [2.05, 4.69) is 0 Å². The summed E-state index contributed by atoms with van der Waals surface area (Å²) < 4.78 is 12.6. The lowest BCUT2D eigenvalue weighted by atomic mass is 9.88. The van der Waals surface area contributed by atoms with E-state index in [0.29, 0.717) is 13.2 Å². The van der Waals surface area contributed by atoms with Crippen molar-refractivity contribution in [2.75, 3.05) is 34.1 Å². The second kappa shape index (κ2) is 10.4. The third-order valence-corrected chi connectivity index (χ3v) is 6.62. The lowest BCUT2D eigenvalue weighted by Crippen LogP contribution is -2.50. The third-order valence-electron chi connectivity index (χ3n) is 6.62. The standard InChI is InChI=1S/C23H37N5O7/c1-13(2)9-24-19-18(15(5)10-34-6)21(31)27(12-35-7)20(19)26(22(24)32)11-25-16(29)8-17(30)28(14(3)4)23(25)33/h8,13-15,18-20,29H,9-12H2,1-7H3. The Balaban J connectivity index is 2.13. The predicted molar refractivity (Wildman–Crippen MR) is 127 cm³/mol. The fourth-order valence-corrected chi connectivity index (χ4v) is 5.25. The van der Waals surface area contributed by atoms with Gasteiger partial charge in [-0.05, 0) is 25.7 Å². The van der Waals surface area contributed by atoms with E-state index in [1.807, 2.05) is 20.8 Å². The SMILES string of the molecule is COCC(C)C1C(=O)N(COC)C2C1N(CC(C)C)C(=O)N2Cn1c(O)cc(=O)n(C(C)C)c1=O. The van der Waals surface area contributed by atoms with Crippen molar-refractivity contribution in [2.24, 2.45) is 17.8 Å². The molecule has 2 aliphatic rings. The molecule has 1 aromatic heterocycles. The van der Waals surface area contributed by atoms with Crippen molar-refractivity contribution in [3.8, 4) is 5.88 Å². The largest absolute Gasteiger partial charge is 0.494 e. The minimum Gasteiger partial charge on any atom is -0.494 e. The van der Waals surface area contributed by atoms with E-state index in [1.54, 1.807) is 25.9 Å². The summed E-state index contributed by atoms with van der Waals surface area (Å²) in [6.45, 7) is 9.62. The molecule has 12 heteroatoms. The van der Waals surface area contributed by atoms with Gasteiger partial charge in [-0.15, -0.1) is 0 Å². The summed E-state index contributed by atoms with van der Waals surface area (Å²) >= 11 is 0. The highest BCUT2D eigenvalue weighted by Crippen LogP contribution is 2.41. The second-order valence-electron chi connectivity index (χ2n) is 10.0. The number of rotatable bonds is 10. The van der Waals surface area contributed by atoms with Crippen molar-refractivity contribution in [2.45, 2.75) is 59.5 Å². The van der Waals surface area contributed by atoms with Gasteiger partial charge < -0.3 is 19.5 Å². The zero-order chi connectivity index (χ0) is 26.2. The van der Waals surface area contributed by atoms with Crippen molar-refractivity contribution in [1.29, 1.82) is 0 Å². The van der Waals surface area contributed by atoms with Crippen LogP contribution in [-0.2, 0) is 20.9 Å². The van der Waals surface area contributed by atoms with Crippen molar-refractivity contribution < 1.29 is 24.2 Å². The summed E-state index contributed by atoms with van der Waals surface area (Å²) in [5.41, 5.74) is -1.36. The molecule has 0 radical (unpaired) electrons. The second-order valence-corrected chi connectivity index (χ2v) is 10.0. The first-order valence-corrected chi connectivity index (χ1v) is 11.9. The number of aromatic nitrogens is 2. The van der Waals surface area contributed by atoms with Crippen molar-refractivity contribution in [3.63, 3.8) is 0 Å². The molecule has 2 fully saturated rings. The maximum atomic E-state index is 13.7. The zero-order valence-corrected chi connectivity index (χ0v) is 21.5. The van der Waals surface area contributed by atoms with Crippen LogP contribution in [0, 0.1) is 17.8 Å². The van der Waals surface area contributed by atoms with Crippen LogP contribution in [0.25, 0.3) is 0 Å². The van der Waals surface area contributed by atoms with Crippen LogP contribution in [0.3, 0.4) is 0 Å². The van der Waals surface area contributed by atoms with Crippen LogP contribution in [0.15, 0.2) is 15.7 Å². The lowest BCUT2D eigenvalue weighted by molar-refractivity contribution is -0.140. The molecule has 0 saturated carbocycles. The van der Waals surface area contributed by atoms with Crippen molar-refractivity contribution in [1.82, 2.24) is 23.8 Å². The van der Waals surface area contributed by atoms with Crippen molar-refractivity contribution >= 4 is 11.9 Å². The number of likely N-dealkylation sites (tertiary alicyclic amines) is 1. The minimum absolute atomic E-state index is 0.0398. The number of hydrogen-bond acceptors (Lipinski definition) is 7. The number of amides is 3. The van der Waals surface area contributed by atoms with Crippen molar-refractivity contribution in [3.05, 3.63) is 26.9 Å². The van der Waals surface area contributed by atoms with E-state index in [-0.39, 0.29) is 37.2 Å². The molecule has 12 nitrogen and oxygen atoms in total. The number of carbonyl (C=O) groups excluding carboxylic acids is 2. The molecule has 0 bridgehead atoms. The number of urea groups is 1. The van der Waals surface area contributed by atoms with Crippen LogP contribution in [0.4, 0.5) is 4.79 Å². The number of hydrogen-bond donors (Lipinski definition) is 1. The molecule has 196 valence electrons. The van der Waals surface area contributed by atoms with Crippen LogP contribution in [-0.4, -0.2) is 87.2 Å². The Morgan fingerprint density at radius 2 is 1.63 bits per heavy atom. The number of carbonyl (C=O) groups is 2. The minimum atomic E-state index is -0.733. The van der Waals surface area contributed by atoms with Gasteiger partial charge in [-0.2, -0.15) is 0 Å². The molecule has 4 unspecified atom stereocenters. The first kappa shape index (κ1) is 26.7. The molecule has 0 aromatic carbocycles. The highest BCUT2D eigenvalue weighted by atomic mass is 16.5. The average Bonchev–Trinajstić information content (AvgIpc) is 3.16. The molecule has 0 aliphatic carbocycles. The predicted octanol–water partition coefficient (Wildman–Crippen LogP) is 0.687. The fraction of sp³-hybridized carbons (Fsp3) is 0.739. The summed E-state index contributed by atoms with van der Waals surface area (Å²) in [4.78, 5) is 57.3. The third kappa shape index (κ3) is 4.68. The van der Waals surface area contributed by atoms with Gasteiger partial charge in [0.2, 0.25) is 11.8 Å². The Kier molecular flexibility index (Phi) is 7.95. The molecular weight excluding hydrogens is 458 g/mol. The van der Waals surface area contributed by atoms with E-state index in [0.717, 1.165) is 15.2 Å². The number of methoxy groups -OCH3 is 2. The van der Waals surface area contributed by atoms with Gasteiger partial charge >= 0.3 is 11.7 Å². The lowest BCUT2D eigenvalue weighted by Gasteiger charge is -2.31. The van der Waals surface area contributed by atoms with Gasteiger partial charge in [0.1, 0.15) is 19.6 Å².